The molecule has 0 amide bonds. The third kappa shape index (κ3) is 9.89. The van der Waals surface area contributed by atoms with Crippen molar-refractivity contribution in [3.8, 4) is 5.75 Å². The van der Waals surface area contributed by atoms with Gasteiger partial charge in [0.05, 0.1) is 6.61 Å². The van der Waals surface area contributed by atoms with Crippen LogP contribution in [0.15, 0.2) is 23.4 Å². The molecular formula is C23H33ClN4O5S. The first kappa shape index (κ1) is 27.9. The fourth-order valence-electron chi connectivity index (χ4n) is 3.49. The number of hydrogen-bond acceptors (Lipinski definition) is 7. The molecule has 2 rings (SSSR count). The quantitative estimate of drug-likeness (QED) is 0.193. The minimum absolute atomic E-state index is 0.0791. The summed E-state index contributed by atoms with van der Waals surface area (Å²) in [4.78, 5) is 23.1. The van der Waals surface area contributed by atoms with Gasteiger partial charge in [0, 0.05) is 10.6 Å². The number of aromatic nitrogens is 4. The van der Waals surface area contributed by atoms with E-state index in [4.69, 9.17) is 21.4 Å². The summed E-state index contributed by atoms with van der Waals surface area (Å²) in [6.07, 6.45) is 12.1. The number of aliphatic carboxylic acids is 2. The van der Waals surface area contributed by atoms with E-state index >= 15 is 0 Å². The third-order valence-corrected chi connectivity index (χ3v) is 6.67. The van der Waals surface area contributed by atoms with Gasteiger partial charge in [0.2, 0.25) is 5.16 Å². The van der Waals surface area contributed by atoms with Crippen molar-refractivity contribution in [3.05, 3.63) is 28.8 Å². The molecule has 1 aromatic heterocycles. The number of ether oxygens (including phenoxy) is 1. The summed E-state index contributed by atoms with van der Waals surface area (Å²) in [6, 6.07) is 4.86. The summed E-state index contributed by atoms with van der Waals surface area (Å²) < 4.78 is 6.96. The zero-order valence-corrected chi connectivity index (χ0v) is 21.1. The number of thioether (sulfide) groups is 1. The molecule has 0 aliphatic rings. The first-order chi connectivity index (χ1) is 16.4. The fourth-order valence-corrected chi connectivity index (χ4v) is 4.60. The fraction of sp³-hybridized carbons (Fsp3) is 0.609. The zero-order chi connectivity index (χ0) is 24.8. The Morgan fingerprint density at radius 3 is 2.32 bits per heavy atom. The second-order valence-electron chi connectivity index (χ2n) is 8.06. The summed E-state index contributed by atoms with van der Waals surface area (Å²) >= 11 is 6.97. The number of carboxylic acids is 2. The number of carbonyl (C=O) groups is 2. The Morgan fingerprint density at radius 1 is 1.06 bits per heavy atom. The Bertz CT molecular complexity index is 911. The Morgan fingerprint density at radius 2 is 1.71 bits per heavy atom. The first-order valence-electron chi connectivity index (χ1n) is 11.7. The van der Waals surface area contributed by atoms with Crippen LogP contribution in [0.1, 0.15) is 81.9 Å². The van der Waals surface area contributed by atoms with Crippen molar-refractivity contribution < 1.29 is 24.5 Å². The number of hydrogen-bond donors (Lipinski definition) is 2. The van der Waals surface area contributed by atoms with Gasteiger partial charge in [-0.15, -0.1) is 5.10 Å². The molecule has 0 saturated heterocycles. The van der Waals surface area contributed by atoms with E-state index in [1.165, 1.54) is 44.9 Å². The smallest absolute Gasteiger partial charge is 0.325 e. The predicted molar refractivity (Wildman–Crippen MR) is 130 cm³/mol. The lowest BCUT2D eigenvalue weighted by Crippen LogP contribution is -2.14. The molecule has 11 heteroatoms. The number of benzene rings is 1. The average Bonchev–Trinajstić information content (AvgIpc) is 3.22. The molecule has 188 valence electrons. The van der Waals surface area contributed by atoms with Gasteiger partial charge in [0.15, 0.2) is 0 Å². The van der Waals surface area contributed by atoms with Crippen molar-refractivity contribution in [1.82, 2.24) is 20.2 Å². The lowest BCUT2D eigenvalue weighted by Gasteiger charge is -2.17. The molecule has 0 aliphatic heterocycles. The van der Waals surface area contributed by atoms with Crippen molar-refractivity contribution in [2.24, 2.45) is 0 Å². The maximum absolute atomic E-state index is 12.1. The normalized spacial score (nSPS) is 11.9. The summed E-state index contributed by atoms with van der Waals surface area (Å²) in [7, 11) is 0. The molecule has 0 radical (unpaired) electrons. The molecule has 0 saturated carbocycles. The Hall–Kier alpha value is -2.33. The molecule has 1 aromatic carbocycles. The van der Waals surface area contributed by atoms with E-state index in [1.54, 1.807) is 18.2 Å². The van der Waals surface area contributed by atoms with Crippen LogP contribution in [0, 0.1) is 0 Å². The molecule has 9 nitrogen and oxygen atoms in total. The van der Waals surface area contributed by atoms with Crippen LogP contribution in [0.25, 0.3) is 0 Å². The largest absolute Gasteiger partial charge is 0.493 e. The van der Waals surface area contributed by atoms with Gasteiger partial charge in [-0.25, -0.2) is 4.68 Å². The molecule has 0 aliphatic carbocycles. The van der Waals surface area contributed by atoms with Crippen LogP contribution in [0.5, 0.6) is 5.75 Å². The maximum atomic E-state index is 12.1. The van der Waals surface area contributed by atoms with E-state index in [9.17, 15) is 14.7 Å². The number of halogens is 1. The predicted octanol–water partition coefficient (Wildman–Crippen LogP) is 5.63. The second-order valence-corrected chi connectivity index (χ2v) is 9.57. The molecule has 1 unspecified atom stereocenters. The van der Waals surface area contributed by atoms with Crippen molar-refractivity contribution in [2.45, 2.75) is 88.1 Å². The number of tetrazole rings is 1. The van der Waals surface area contributed by atoms with Gasteiger partial charge in [-0.2, -0.15) is 0 Å². The highest BCUT2D eigenvalue weighted by Crippen LogP contribution is 2.40. The molecule has 0 bridgehead atoms. The molecule has 1 atom stereocenters. The van der Waals surface area contributed by atoms with Gasteiger partial charge >= 0.3 is 11.9 Å². The SMILES string of the molecule is CCCCCCCCCCCCOc1ccc(Cl)cc1C(Sc1nnnn1CC(=O)O)C(=O)O. The summed E-state index contributed by atoms with van der Waals surface area (Å²) in [5, 5.41) is 29.0. The van der Waals surface area contributed by atoms with Crippen LogP contribution in [0.3, 0.4) is 0 Å². The van der Waals surface area contributed by atoms with Crippen LogP contribution >= 0.6 is 23.4 Å². The van der Waals surface area contributed by atoms with Crippen molar-refractivity contribution in [1.29, 1.82) is 0 Å². The van der Waals surface area contributed by atoms with Crippen LogP contribution in [-0.2, 0) is 16.1 Å². The van der Waals surface area contributed by atoms with Gasteiger partial charge in [0.25, 0.3) is 0 Å². The monoisotopic (exact) mass is 512 g/mol. The highest BCUT2D eigenvalue weighted by Gasteiger charge is 2.28. The highest BCUT2D eigenvalue weighted by molar-refractivity contribution is 8.00. The lowest BCUT2D eigenvalue weighted by molar-refractivity contribution is -0.138. The Labute approximate surface area is 209 Å². The maximum Gasteiger partial charge on any atom is 0.325 e. The van der Waals surface area contributed by atoms with Gasteiger partial charge in [-0.05, 0) is 35.0 Å². The van der Waals surface area contributed by atoms with E-state index in [-0.39, 0.29) is 5.16 Å². The number of nitrogens with zero attached hydrogens (tertiary/aromatic N) is 4. The Balaban J connectivity index is 1.90. The van der Waals surface area contributed by atoms with Gasteiger partial charge < -0.3 is 14.9 Å². The van der Waals surface area contributed by atoms with Gasteiger partial charge in [0.1, 0.15) is 17.5 Å². The minimum atomic E-state index is -1.14. The van der Waals surface area contributed by atoms with Gasteiger partial charge in [-0.1, -0.05) is 88.1 Å². The average molecular weight is 513 g/mol. The first-order valence-corrected chi connectivity index (χ1v) is 13.0. The van der Waals surface area contributed by atoms with Crippen molar-refractivity contribution in [2.75, 3.05) is 6.61 Å². The van der Waals surface area contributed by atoms with E-state index in [0.29, 0.717) is 22.9 Å². The molecule has 0 fully saturated rings. The van der Waals surface area contributed by atoms with Crippen LogP contribution in [-0.4, -0.2) is 49.0 Å². The highest BCUT2D eigenvalue weighted by atomic mass is 35.5. The number of rotatable bonds is 18. The van der Waals surface area contributed by atoms with Crippen LogP contribution < -0.4 is 4.74 Å². The summed E-state index contributed by atoms with van der Waals surface area (Å²) in [5.41, 5.74) is 0.377. The van der Waals surface area contributed by atoms with E-state index in [2.05, 4.69) is 22.4 Å². The van der Waals surface area contributed by atoms with E-state index < -0.39 is 23.7 Å². The summed E-state index contributed by atoms with van der Waals surface area (Å²) in [5.74, 6) is -1.84. The summed E-state index contributed by atoms with van der Waals surface area (Å²) in [6.45, 7) is 2.22. The zero-order valence-electron chi connectivity index (χ0n) is 19.5. The van der Waals surface area contributed by atoms with E-state index in [1.807, 2.05) is 0 Å². The second kappa shape index (κ2) is 15.5. The van der Waals surface area contributed by atoms with E-state index in [0.717, 1.165) is 35.7 Å². The molecule has 1 heterocycles. The molecule has 34 heavy (non-hydrogen) atoms. The minimum Gasteiger partial charge on any atom is -0.493 e. The third-order valence-electron chi connectivity index (χ3n) is 5.24. The molecular weight excluding hydrogens is 480 g/mol. The number of unbranched alkanes of at least 4 members (excludes halogenated alkanes) is 9. The van der Waals surface area contributed by atoms with Crippen LogP contribution in [0.4, 0.5) is 0 Å². The van der Waals surface area contributed by atoms with Crippen LogP contribution in [0.2, 0.25) is 5.02 Å². The standard InChI is InChI=1S/C23H33ClN4O5S/c1-2-3-4-5-6-7-8-9-10-11-14-33-19-13-12-17(24)15-18(19)21(22(31)32)34-23-25-26-27-28(23)16-20(29)30/h12-13,15,21H,2-11,14,16H2,1H3,(H,29,30)(H,31,32). The molecule has 2 N–H and O–H groups in total. The lowest BCUT2D eigenvalue weighted by atomic mass is 10.1. The van der Waals surface area contributed by atoms with Gasteiger partial charge in [-0.3, -0.25) is 9.59 Å². The van der Waals surface area contributed by atoms with Crippen molar-refractivity contribution in [3.63, 3.8) is 0 Å². The van der Waals surface area contributed by atoms with Crippen molar-refractivity contribution >= 4 is 35.3 Å². The topological polar surface area (TPSA) is 127 Å². The molecule has 2 aromatic rings. The molecule has 0 spiro atoms. The number of carboxylic acid groups (broad SMARTS) is 2. The Kier molecular flexibility index (Phi) is 12.8.